The fraction of sp³-hybridized carbons (Fsp3) is 0.500. The maximum Gasteiger partial charge on any atom is 0.0206 e. The summed E-state index contributed by atoms with van der Waals surface area (Å²) < 4.78 is 0. The molecule has 2 heteroatoms. The Bertz CT molecular complexity index is 49.5. The summed E-state index contributed by atoms with van der Waals surface area (Å²) in [7, 11) is 0. The first-order valence-corrected chi connectivity index (χ1v) is 2.23. The van der Waals surface area contributed by atoms with Gasteiger partial charge in [-0.15, -0.1) is 0 Å². The highest BCUT2D eigenvalue weighted by Crippen LogP contribution is 1.80. The van der Waals surface area contributed by atoms with Gasteiger partial charge in [0.2, 0.25) is 0 Å². The molecule has 2 N–H and O–H groups in total. The maximum atomic E-state index is 5.23. The maximum absolute atomic E-state index is 5.23. The zero-order valence-corrected chi connectivity index (χ0v) is 4.44. The van der Waals surface area contributed by atoms with E-state index in [-0.39, 0.29) is 6.04 Å². The zero-order valence-electron chi connectivity index (χ0n) is 3.69. The highest BCUT2D eigenvalue weighted by Gasteiger charge is 1.76. The van der Waals surface area contributed by atoms with Crippen molar-refractivity contribution in [2.45, 2.75) is 13.0 Å². The molecule has 1 atom stereocenters. The summed E-state index contributed by atoms with van der Waals surface area (Å²) in [6.07, 6.45) is 1.71. The second-order valence-electron chi connectivity index (χ2n) is 1.18. The Balaban J connectivity index is 3.03. The van der Waals surface area contributed by atoms with E-state index in [0.717, 1.165) is 0 Å². The average Bonchev–Trinajstić information content (AvgIpc) is 1.35. The molecule has 0 fully saturated rings. The lowest BCUT2D eigenvalue weighted by molar-refractivity contribution is 0.928. The summed E-state index contributed by atoms with van der Waals surface area (Å²) in [5.41, 5.74) is 6.65. The summed E-state index contributed by atoms with van der Waals surface area (Å²) in [4.78, 5) is 0. The standard InChI is InChI=1S/C4H8ClN/c1-4(6)2-3-5/h2-4H,6H2,1H3. The van der Waals surface area contributed by atoms with E-state index in [2.05, 4.69) is 0 Å². The summed E-state index contributed by atoms with van der Waals surface area (Å²) in [6.45, 7) is 1.86. The van der Waals surface area contributed by atoms with Crippen molar-refractivity contribution in [1.82, 2.24) is 0 Å². The molecule has 0 aromatic rings. The van der Waals surface area contributed by atoms with Gasteiger partial charge in [0, 0.05) is 11.6 Å². The fourth-order valence-corrected chi connectivity index (χ4v) is 0.344. The van der Waals surface area contributed by atoms with E-state index >= 15 is 0 Å². The van der Waals surface area contributed by atoms with E-state index in [9.17, 15) is 0 Å². The Hall–Kier alpha value is -0.0100. The Morgan fingerprint density at radius 2 is 2.33 bits per heavy atom. The van der Waals surface area contributed by atoms with Crippen molar-refractivity contribution in [3.05, 3.63) is 11.6 Å². The van der Waals surface area contributed by atoms with Crippen LogP contribution in [0.5, 0.6) is 0 Å². The SMILES string of the molecule is CC(N)C=CCl. The number of halogens is 1. The van der Waals surface area contributed by atoms with Crippen LogP contribution in [0.4, 0.5) is 0 Å². The van der Waals surface area contributed by atoms with Crippen molar-refractivity contribution in [2.75, 3.05) is 0 Å². The van der Waals surface area contributed by atoms with Gasteiger partial charge < -0.3 is 5.73 Å². The van der Waals surface area contributed by atoms with E-state index in [0.29, 0.717) is 0 Å². The Morgan fingerprint density at radius 1 is 1.83 bits per heavy atom. The van der Waals surface area contributed by atoms with Crippen LogP contribution in [0.2, 0.25) is 0 Å². The molecule has 1 nitrogen and oxygen atoms in total. The molecular weight excluding hydrogens is 97.5 g/mol. The number of rotatable bonds is 1. The van der Waals surface area contributed by atoms with Gasteiger partial charge in [-0.1, -0.05) is 17.7 Å². The Kier molecular flexibility index (Phi) is 3.19. The van der Waals surface area contributed by atoms with Gasteiger partial charge in [0.1, 0.15) is 0 Å². The third-order valence-electron chi connectivity index (χ3n) is 0.376. The number of nitrogens with two attached hydrogens (primary N) is 1. The van der Waals surface area contributed by atoms with Crippen LogP contribution in [0.3, 0.4) is 0 Å². The molecule has 0 rings (SSSR count). The first-order chi connectivity index (χ1) is 2.77. The minimum Gasteiger partial charge on any atom is -0.325 e. The van der Waals surface area contributed by atoms with Crippen LogP contribution < -0.4 is 5.73 Å². The van der Waals surface area contributed by atoms with Gasteiger partial charge in [-0.2, -0.15) is 0 Å². The van der Waals surface area contributed by atoms with Crippen LogP contribution in [0.25, 0.3) is 0 Å². The molecule has 0 bridgehead atoms. The van der Waals surface area contributed by atoms with Crippen LogP contribution >= 0.6 is 11.6 Å². The highest BCUT2D eigenvalue weighted by molar-refractivity contribution is 6.25. The van der Waals surface area contributed by atoms with E-state index in [1.165, 1.54) is 5.54 Å². The van der Waals surface area contributed by atoms with E-state index < -0.39 is 0 Å². The van der Waals surface area contributed by atoms with Gasteiger partial charge in [0.15, 0.2) is 0 Å². The third-order valence-corrected chi connectivity index (χ3v) is 0.522. The van der Waals surface area contributed by atoms with Gasteiger partial charge in [-0.3, -0.25) is 0 Å². The minimum absolute atomic E-state index is 0.0856. The number of hydrogen-bond donors (Lipinski definition) is 1. The molecule has 0 aliphatic heterocycles. The molecule has 6 heavy (non-hydrogen) atoms. The highest BCUT2D eigenvalue weighted by atomic mass is 35.5. The molecule has 0 aliphatic carbocycles. The average molecular weight is 106 g/mol. The molecule has 36 valence electrons. The molecule has 0 heterocycles. The summed E-state index contributed by atoms with van der Waals surface area (Å²) in [5, 5.41) is 0. The van der Waals surface area contributed by atoms with Gasteiger partial charge in [0.05, 0.1) is 0 Å². The minimum atomic E-state index is 0.0856. The normalized spacial score (nSPS) is 15.8. The van der Waals surface area contributed by atoms with Gasteiger partial charge in [-0.05, 0) is 6.92 Å². The first-order valence-electron chi connectivity index (χ1n) is 1.80. The van der Waals surface area contributed by atoms with Crippen molar-refractivity contribution in [2.24, 2.45) is 5.73 Å². The zero-order chi connectivity index (χ0) is 4.99. The van der Waals surface area contributed by atoms with Crippen LogP contribution in [0.1, 0.15) is 6.92 Å². The molecule has 0 spiro atoms. The Labute approximate surface area is 42.8 Å². The van der Waals surface area contributed by atoms with Gasteiger partial charge in [-0.25, -0.2) is 0 Å². The molecular formula is C4H8ClN. The first kappa shape index (κ1) is 5.99. The number of hydrogen-bond acceptors (Lipinski definition) is 1. The summed E-state index contributed by atoms with van der Waals surface area (Å²) >= 11 is 5.14. The quantitative estimate of drug-likeness (QED) is 0.531. The van der Waals surface area contributed by atoms with E-state index in [4.69, 9.17) is 17.3 Å². The van der Waals surface area contributed by atoms with E-state index in [1.54, 1.807) is 6.08 Å². The van der Waals surface area contributed by atoms with Crippen molar-refractivity contribution >= 4 is 11.6 Å². The fourth-order valence-electron chi connectivity index (χ4n) is 0.115. The summed E-state index contributed by atoms with van der Waals surface area (Å²) in [5.74, 6) is 0. The Morgan fingerprint density at radius 3 is 2.33 bits per heavy atom. The molecule has 0 saturated heterocycles. The molecule has 0 aromatic heterocycles. The predicted octanol–water partition coefficient (Wildman–Crippen LogP) is 1.09. The van der Waals surface area contributed by atoms with E-state index in [1.807, 2.05) is 6.92 Å². The topological polar surface area (TPSA) is 26.0 Å². The van der Waals surface area contributed by atoms with Crippen LogP contribution in [0.15, 0.2) is 11.6 Å². The predicted molar refractivity (Wildman–Crippen MR) is 28.6 cm³/mol. The van der Waals surface area contributed by atoms with Crippen molar-refractivity contribution < 1.29 is 0 Å². The van der Waals surface area contributed by atoms with Crippen molar-refractivity contribution in [1.29, 1.82) is 0 Å². The lowest BCUT2D eigenvalue weighted by Crippen LogP contribution is -2.09. The van der Waals surface area contributed by atoms with Crippen LogP contribution in [0, 0.1) is 0 Å². The molecule has 0 aromatic carbocycles. The largest absolute Gasteiger partial charge is 0.325 e. The van der Waals surface area contributed by atoms with Crippen molar-refractivity contribution in [3.63, 3.8) is 0 Å². The van der Waals surface area contributed by atoms with Crippen LogP contribution in [-0.4, -0.2) is 6.04 Å². The second kappa shape index (κ2) is 3.19. The molecule has 1 unspecified atom stereocenters. The monoisotopic (exact) mass is 105 g/mol. The van der Waals surface area contributed by atoms with Gasteiger partial charge in [0.25, 0.3) is 0 Å². The third kappa shape index (κ3) is 3.99. The lowest BCUT2D eigenvalue weighted by Gasteiger charge is -1.87. The molecule has 0 aliphatic rings. The lowest BCUT2D eigenvalue weighted by atomic mass is 10.4. The van der Waals surface area contributed by atoms with Gasteiger partial charge >= 0.3 is 0 Å². The molecule has 0 amide bonds. The molecule has 0 saturated carbocycles. The summed E-state index contributed by atoms with van der Waals surface area (Å²) in [6, 6.07) is 0.0856. The second-order valence-corrected chi connectivity index (χ2v) is 1.43. The van der Waals surface area contributed by atoms with Crippen molar-refractivity contribution in [3.8, 4) is 0 Å². The smallest absolute Gasteiger partial charge is 0.0206 e. The molecule has 0 radical (unpaired) electrons. The van der Waals surface area contributed by atoms with Crippen LogP contribution in [-0.2, 0) is 0 Å².